The monoisotopic (exact) mass is 366 g/mol. The van der Waals surface area contributed by atoms with Crippen molar-refractivity contribution >= 4 is 27.5 Å². The van der Waals surface area contributed by atoms with Gasteiger partial charge in [-0.25, -0.2) is 0 Å². The number of hydrogen-bond acceptors (Lipinski definition) is 1. The summed E-state index contributed by atoms with van der Waals surface area (Å²) in [4.78, 5) is 0. The van der Waals surface area contributed by atoms with Crippen LogP contribution in [-0.4, -0.2) is 0 Å². The molecule has 2 aromatic rings. The quantitative estimate of drug-likeness (QED) is 0.536. The fourth-order valence-electron chi connectivity index (χ4n) is 2.04. The van der Waals surface area contributed by atoms with E-state index in [0.29, 0.717) is 5.88 Å². The van der Waals surface area contributed by atoms with Crippen LogP contribution in [0.2, 0.25) is 0 Å². The van der Waals surface area contributed by atoms with Crippen LogP contribution in [0.4, 0.5) is 0 Å². The number of benzene rings is 2. The van der Waals surface area contributed by atoms with Crippen LogP contribution in [0.15, 0.2) is 46.9 Å². The molecule has 0 aliphatic rings. The minimum absolute atomic E-state index is 0.190. The Balaban J connectivity index is 2.23. The highest BCUT2D eigenvalue weighted by Gasteiger charge is 2.17. The third kappa shape index (κ3) is 4.02. The van der Waals surface area contributed by atoms with Crippen molar-refractivity contribution in [2.24, 2.45) is 0 Å². The molecule has 0 heterocycles. The standard InChI is InChI=1S/C18H20BrClO/c1-4-18(2,3)14-6-9-16(10-7-14)21-17-11-15(19)8-5-13(17)12-20/h5-11H,4,12H2,1-3H3. The van der Waals surface area contributed by atoms with E-state index in [4.69, 9.17) is 16.3 Å². The van der Waals surface area contributed by atoms with Crippen molar-refractivity contribution < 1.29 is 4.74 Å². The zero-order chi connectivity index (χ0) is 15.5. The highest BCUT2D eigenvalue weighted by molar-refractivity contribution is 9.10. The Bertz CT molecular complexity index is 605. The molecule has 0 radical (unpaired) electrons. The van der Waals surface area contributed by atoms with Crippen LogP contribution in [0.3, 0.4) is 0 Å². The summed E-state index contributed by atoms with van der Waals surface area (Å²) in [5, 5.41) is 0. The molecular formula is C18H20BrClO. The lowest BCUT2D eigenvalue weighted by Crippen LogP contribution is -2.14. The second kappa shape index (κ2) is 6.85. The zero-order valence-corrected chi connectivity index (χ0v) is 15.0. The van der Waals surface area contributed by atoms with Crippen molar-refractivity contribution in [3.05, 3.63) is 58.1 Å². The fourth-order valence-corrected chi connectivity index (χ4v) is 2.60. The van der Waals surface area contributed by atoms with Gasteiger partial charge in [-0.1, -0.05) is 54.9 Å². The molecule has 0 bridgehead atoms. The van der Waals surface area contributed by atoms with Gasteiger partial charge in [0.25, 0.3) is 0 Å². The van der Waals surface area contributed by atoms with Crippen molar-refractivity contribution in [1.82, 2.24) is 0 Å². The number of rotatable bonds is 5. The van der Waals surface area contributed by atoms with Crippen LogP contribution in [-0.2, 0) is 11.3 Å². The highest BCUT2D eigenvalue weighted by Crippen LogP contribution is 2.32. The van der Waals surface area contributed by atoms with E-state index in [-0.39, 0.29) is 5.41 Å². The Morgan fingerprint density at radius 3 is 2.33 bits per heavy atom. The van der Waals surface area contributed by atoms with Gasteiger partial charge in [-0.15, -0.1) is 11.6 Å². The summed E-state index contributed by atoms with van der Waals surface area (Å²) in [6.07, 6.45) is 1.11. The van der Waals surface area contributed by atoms with Gasteiger partial charge in [0.1, 0.15) is 11.5 Å². The first kappa shape index (κ1) is 16.4. The molecule has 21 heavy (non-hydrogen) atoms. The average Bonchev–Trinajstić information content (AvgIpc) is 2.48. The predicted molar refractivity (Wildman–Crippen MR) is 93.5 cm³/mol. The van der Waals surface area contributed by atoms with Gasteiger partial charge < -0.3 is 4.74 Å². The van der Waals surface area contributed by atoms with Crippen LogP contribution >= 0.6 is 27.5 Å². The van der Waals surface area contributed by atoms with Gasteiger partial charge >= 0.3 is 0 Å². The van der Waals surface area contributed by atoms with Crippen molar-refractivity contribution in [3.63, 3.8) is 0 Å². The van der Waals surface area contributed by atoms with Crippen LogP contribution in [0.1, 0.15) is 38.3 Å². The van der Waals surface area contributed by atoms with Crippen LogP contribution < -0.4 is 4.74 Å². The molecule has 0 atom stereocenters. The second-order valence-electron chi connectivity index (χ2n) is 5.75. The molecule has 0 N–H and O–H groups in total. The lowest BCUT2D eigenvalue weighted by molar-refractivity contribution is 0.474. The van der Waals surface area contributed by atoms with E-state index in [1.807, 2.05) is 30.3 Å². The van der Waals surface area contributed by atoms with Gasteiger partial charge in [-0.3, -0.25) is 0 Å². The van der Waals surface area contributed by atoms with Gasteiger partial charge in [0, 0.05) is 10.0 Å². The molecule has 2 rings (SSSR count). The first-order valence-electron chi connectivity index (χ1n) is 7.09. The molecule has 0 spiro atoms. The minimum Gasteiger partial charge on any atom is -0.457 e. The molecule has 0 amide bonds. The number of alkyl halides is 1. The summed E-state index contributed by atoms with van der Waals surface area (Å²) in [6.45, 7) is 6.71. The Hall–Kier alpha value is -0.990. The first-order valence-corrected chi connectivity index (χ1v) is 8.42. The van der Waals surface area contributed by atoms with E-state index in [1.54, 1.807) is 0 Å². The molecule has 1 nitrogen and oxygen atoms in total. The summed E-state index contributed by atoms with van der Waals surface area (Å²) in [6, 6.07) is 14.2. The average molecular weight is 368 g/mol. The molecule has 0 fully saturated rings. The normalized spacial score (nSPS) is 11.5. The molecule has 0 saturated carbocycles. The second-order valence-corrected chi connectivity index (χ2v) is 6.93. The van der Waals surface area contributed by atoms with Crippen LogP contribution in [0.5, 0.6) is 11.5 Å². The summed E-state index contributed by atoms with van der Waals surface area (Å²) in [5.74, 6) is 2.06. The molecule has 0 saturated heterocycles. The van der Waals surface area contributed by atoms with Crippen molar-refractivity contribution in [2.75, 3.05) is 0 Å². The van der Waals surface area contributed by atoms with E-state index in [9.17, 15) is 0 Å². The molecule has 3 heteroatoms. The van der Waals surface area contributed by atoms with E-state index in [0.717, 1.165) is 28.0 Å². The summed E-state index contributed by atoms with van der Waals surface area (Å²) >= 11 is 9.42. The van der Waals surface area contributed by atoms with E-state index in [1.165, 1.54) is 5.56 Å². The molecule has 0 aromatic heterocycles. The van der Waals surface area contributed by atoms with E-state index < -0.39 is 0 Å². The predicted octanol–water partition coefficient (Wildman–Crippen LogP) is 6.67. The number of ether oxygens (including phenoxy) is 1. The highest BCUT2D eigenvalue weighted by atomic mass is 79.9. The zero-order valence-electron chi connectivity index (χ0n) is 12.6. The van der Waals surface area contributed by atoms with Gasteiger partial charge in [0.2, 0.25) is 0 Å². The summed E-state index contributed by atoms with van der Waals surface area (Å²) < 4.78 is 6.95. The third-order valence-corrected chi connectivity index (χ3v) is 4.70. The summed E-state index contributed by atoms with van der Waals surface area (Å²) in [7, 11) is 0. The Morgan fingerprint density at radius 2 is 1.76 bits per heavy atom. The molecule has 2 aromatic carbocycles. The van der Waals surface area contributed by atoms with E-state index in [2.05, 4.69) is 48.8 Å². The minimum atomic E-state index is 0.190. The Kier molecular flexibility index (Phi) is 5.34. The maximum atomic E-state index is 5.97. The first-order chi connectivity index (χ1) is 9.96. The molecular weight excluding hydrogens is 348 g/mol. The molecule has 112 valence electrons. The largest absolute Gasteiger partial charge is 0.457 e. The maximum Gasteiger partial charge on any atom is 0.132 e. The van der Waals surface area contributed by atoms with Crippen LogP contribution in [0, 0.1) is 0 Å². The van der Waals surface area contributed by atoms with Gasteiger partial charge in [0.15, 0.2) is 0 Å². The smallest absolute Gasteiger partial charge is 0.132 e. The van der Waals surface area contributed by atoms with Gasteiger partial charge in [-0.05, 0) is 41.7 Å². The Labute approximate surface area is 140 Å². The SMILES string of the molecule is CCC(C)(C)c1ccc(Oc2cc(Br)ccc2CCl)cc1. The van der Waals surface area contributed by atoms with Crippen molar-refractivity contribution in [2.45, 2.75) is 38.5 Å². The maximum absolute atomic E-state index is 5.97. The molecule has 0 aliphatic heterocycles. The Morgan fingerprint density at radius 1 is 1.10 bits per heavy atom. The van der Waals surface area contributed by atoms with Gasteiger partial charge in [-0.2, -0.15) is 0 Å². The number of hydrogen-bond donors (Lipinski definition) is 0. The van der Waals surface area contributed by atoms with E-state index >= 15 is 0 Å². The lowest BCUT2D eigenvalue weighted by Gasteiger charge is -2.23. The third-order valence-electron chi connectivity index (χ3n) is 3.92. The number of halogens is 2. The summed E-state index contributed by atoms with van der Waals surface area (Å²) in [5.41, 5.74) is 2.50. The molecule has 0 unspecified atom stereocenters. The van der Waals surface area contributed by atoms with Gasteiger partial charge in [0.05, 0.1) is 5.88 Å². The topological polar surface area (TPSA) is 9.23 Å². The molecule has 0 aliphatic carbocycles. The van der Waals surface area contributed by atoms with Crippen molar-refractivity contribution in [3.8, 4) is 11.5 Å². The lowest BCUT2D eigenvalue weighted by atomic mass is 9.82. The van der Waals surface area contributed by atoms with Crippen LogP contribution in [0.25, 0.3) is 0 Å². The fraction of sp³-hybridized carbons (Fsp3) is 0.333. The van der Waals surface area contributed by atoms with Crippen molar-refractivity contribution in [1.29, 1.82) is 0 Å².